The van der Waals surface area contributed by atoms with E-state index in [-0.39, 0.29) is 5.02 Å². The van der Waals surface area contributed by atoms with Crippen LogP contribution in [0.3, 0.4) is 0 Å². The quantitative estimate of drug-likeness (QED) is 0.487. The fourth-order valence-corrected chi connectivity index (χ4v) is 3.15. The van der Waals surface area contributed by atoms with Gasteiger partial charge in [0.05, 0.1) is 9.95 Å². The van der Waals surface area contributed by atoms with Gasteiger partial charge in [0, 0.05) is 6.07 Å². The number of nitro groups is 1. The monoisotopic (exact) mass is 313 g/mol. The first-order chi connectivity index (χ1) is 6.90. The van der Waals surface area contributed by atoms with Gasteiger partial charge in [0.2, 0.25) is 0 Å². The van der Waals surface area contributed by atoms with Crippen molar-refractivity contribution in [3.8, 4) is 0 Å². The van der Waals surface area contributed by atoms with E-state index >= 15 is 0 Å². The molecule has 5 nitrogen and oxygen atoms in total. The summed E-state index contributed by atoms with van der Waals surface area (Å²) in [5.74, 6) is 0. The normalized spacial score (nSPS) is 11.3. The Balaban J connectivity index is 3.59. The molecular weight excluding hydrogens is 310 g/mol. The average molecular weight is 315 g/mol. The van der Waals surface area contributed by atoms with Crippen molar-refractivity contribution >= 4 is 43.1 Å². The topological polar surface area (TPSA) is 77.3 Å². The third-order valence-electron chi connectivity index (χ3n) is 1.60. The van der Waals surface area contributed by atoms with Gasteiger partial charge in [0.15, 0.2) is 14.7 Å². The minimum atomic E-state index is -3.76. The Labute approximate surface area is 99.2 Å². The molecule has 0 fully saturated rings. The van der Waals surface area contributed by atoms with Gasteiger partial charge in [-0.15, -0.1) is 0 Å². The van der Waals surface area contributed by atoms with Crippen molar-refractivity contribution in [1.29, 1.82) is 0 Å². The summed E-state index contributed by atoms with van der Waals surface area (Å²) in [6, 6.07) is 3.72. The molecule has 0 aromatic heterocycles. The summed E-state index contributed by atoms with van der Waals surface area (Å²) in [5, 5.41) is 10.5. The first-order valence-corrected chi connectivity index (χ1v) is 6.77. The van der Waals surface area contributed by atoms with E-state index in [4.69, 9.17) is 11.6 Å². The molecule has 0 atom stereocenters. The highest BCUT2D eigenvalue weighted by molar-refractivity contribution is 9.10. The maximum Gasteiger partial charge on any atom is 0.289 e. The second kappa shape index (κ2) is 4.46. The standard InChI is InChI=1S/C7H5BrClNO4S/c8-4-15(13,14)7-5(9)2-1-3-6(7)10(11)12/h1-3H,4H2. The average Bonchev–Trinajstić information content (AvgIpc) is 2.17. The van der Waals surface area contributed by atoms with Crippen molar-refractivity contribution in [3.63, 3.8) is 0 Å². The van der Waals surface area contributed by atoms with Crippen molar-refractivity contribution in [2.45, 2.75) is 4.90 Å². The molecule has 0 saturated heterocycles. The van der Waals surface area contributed by atoms with E-state index in [1.54, 1.807) is 0 Å². The Kier molecular flexibility index (Phi) is 3.69. The smallest absolute Gasteiger partial charge is 0.258 e. The highest BCUT2D eigenvalue weighted by atomic mass is 79.9. The molecule has 0 bridgehead atoms. The summed E-state index contributed by atoms with van der Waals surface area (Å²) in [4.78, 5) is 9.38. The number of hydrogen-bond donors (Lipinski definition) is 0. The number of rotatable bonds is 3. The van der Waals surface area contributed by atoms with Gasteiger partial charge < -0.3 is 0 Å². The lowest BCUT2D eigenvalue weighted by atomic mass is 10.3. The van der Waals surface area contributed by atoms with E-state index in [9.17, 15) is 18.5 Å². The summed E-state index contributed by atoms with van der Waals surface area (Å²) in [6.07, 6.45) is 0. The van der Waals surface area contributed by atoms with E-state index in [0.29, 0.717) is 0 Å². The number of nitrogens with zero attached hydrogens (tertiary/aromatic N) is 1. The third-order valence-corrected chi connectivity index (χ3v) is 5.17. The second-order valence-electron chi connectivity index (χ2n) is 2.57. The Morgan fingerprint density at radius 1 is 1.47 bits per heavy atom. The molecule has 1 aromatic rings. The van der Waals surface area contributed by atoms with Crippen molar-refractivity contribution < 1.29 is 13.3 Å². The van der Waals surface area contributed by atoms with Crippen LogP contribution in [0.25, 0.3) is 0 Å². The van der Waals surface area contributed by atoms with Crippen molar-refractivity contribution in [1.82, 2.24) is 0 Å². The predicted molar refractivity (Wildman–Crippen MR) is 59.1 cm³/mol. The molecule has 0 heterocycles. The number of benzene rings is 1. The first-order valence-electron chi connectivity index (χ1n) is 3.62. The van der Waals surface area contributed by atoms with E-state index < -0.39 is 30.0 Å². The molecular formula is C7H5BrClNO4S. The van der Waals surface area contributed by atoms with Crippen LogP contribution in [0.2, 0.25) is 5.02 Å². The summed E-state index contributed by atoms with van der Waals surface area (Å²) in [6.45, 7) is 0. The number of nitro benzene ring substituents is 1. The van der Waals surface area contributed by atoms with Crippen molar-refractivity contribution in [3.05, 3.63) is 33.3 Å². The third kappa shape index (κ3) is 2.47. The van der Waals surface area contributed by atoms with Gasteiger partial charge in [-0.2, -0.15) is 0 Å². The van der Waals surface area contributed by atoms with Crippen molar-refractivity contribution in [2.75, 3.05) is 4.66 Å². The lowest BCUT2D eigenvalue weighted by Gasteiger charge is -2.03. The Morgan fingerprint density at radius 2 is 2.07 bits per heavy atom. The highest BCUT2D eigenvalue weighted by Gasteiger charge is 2.27. The minimum Gasteiger partial charge on any atom is -0.258 e. The van der Waals surface area contributed by atoms with Crippen molar-refractivity contribution in [2.24, 2.45) is 0 Å². The summed E-state index contributed by atoms with van der Waals surface area (Å²) < 4.78 is 22.6. The van der Waals surface area contributed by atoms with Gasteiger partial charge in [-0.25, -0.2) is 8.42 Å². The zero-order chi connectivity index (χ0) is 11.6. The zero-order valence-corrected chi connectivity index (χ0v) is 10.3. The molecule has 15 heavy (non-hydrogen) atoms. The van der Waals surface area contributed by atoms with Crippen LogP contribution in [0.1, 0.15) is 0 Å². The Morgan fingerprint density at radius 3 is 2.53 bits per heavy atom. The zero-order valence-electron chi connectivity index (χ0n) is 7.18. The second-order valence-corrected chi connectivity index (χ2v) is 6.21. The number of hydrogen-bond acceptors (Lipinski definition) is 4. The maximum absolute atomic E-state index is 11.5. The molecule has 0 N–H and O–H groups in total. The minimum absolute atomic E-state index is 0.149. The maximum atomic E-state index is 11.5. The number of halogens is 2. The number of sulfone groups is 1. The van der Waals surface area contributed by atoms with Gasteiger partial charge in [-0.1, -0.05) is 33.6 Å². The van der Waals surface area contributed by atoms with Crippen LogP contribution in [0, 0.1) is 10.1 Å². The molecule has 82 valence electrons. The summed E-state index contributed by atoms with van der Waals surface area (Å²) in [5.41, 5.74) is -0.512. The molecule has 1 rings (SSSR count). The molecule has 0 aliphatic heterocycles. The molecule has 1 aromatic carbocycles. The van der Waals surface area contributed by atoms with E-state index in [0.717, 1.165) is 6.07 Å². The van der Waals surface area contributed by atoms with Crippen LogP contribution < -0.4 is 0 Å². The molecule has 0 aliphatic rings. The Hall–Kier alpha value is -0.660. The molecule has 0 saturated carbocycles. The molecule has 0 unspecified atom stereocenters. The SMILES string of the molecule is O=[N+]([O-])c1cccc(Cl)c1S(=O)(=O)CBr. The molecule has 0 radical (unpaired) electrons. The molecule has 0 spiro atoms. The summed E-state index contributed by atoms with van der Waals surface area (Å²) in [7, 11) is -3.76. The van der Waals surface area contributed by atoms with Crippen LogP contribution in [0.15, 0.2) is 23.1 Å². The van der Waals surface area contributed by atoms with Crippen LogP contribution in [0.5, 0.6) is 0 Å². The van der Waals surface area contributed by atoms with Gasteiger partial charge >= 0.3 is 0 Å². The Bertz CT molecular complexity index is 502. The molecule has 0 aliphatic carbocycles. The first kappa shape index (κ1) is 12.4. The largest absolute Gasteiger partial charge is 0.289 e. The highest BCUT2D eigenvalue weighted by Crippen LogP contribution is 2.32. The molecule has 8 heteroatoms. The lowest BCUT2D eigenvalue weighted by molar-refractivity contribution is -0.387. The summed E-state index contributed by atoms with van der Waals surface area (Å²) >= 11 is 8.39. The lowest BCUT2D eigenvalue weighted by Crippen LogP contribution is -2.06. The van der Waals surface area contributed by atoms with E-state index in [1.807, 2.05) is 0 Å². The molecule has 0 amide bonds. The van der Waals surface area contributed by atoms with Gasteiger partial charge in [0.25, 0.3) is 5.69 Å². The van der Waals surface area contributed by atoms with E-state index in [2.05, 4.69) is 15.9 Å². The van der Waals surface area contributed by atoms with Gasteiger partial charge in [0.1, 0.15) is 4.66 Å². The van der Waals surface area contributed by atoms with Crippen LogP contribution >= 0.6 is 27.5 Å². The predicted octanol–water partition coefficient (Wildman–Crippen LogP) is 2.37. The van der Waals surface area contributed by atoms with Gasteiger partial charge in [-0.05, 0) is 6.07 Å². The van der Waals surface area contributed by atoms with Crippen LogP contribution in [-0.2, 0) is 9.84 Å². The fourth-order valence-electron chi connectivity index (χ4n) is 1.00. The van der Waals surface area contributed by atoms with Crippen LogP contribution in [0.4, 0.5) is 5.69 Å². The van der Waals surface area contributed by atoms with E-state index in [1.165, 1.54) is 12.1 Å². The fraction of sp³-hybridized carbons (Fsp3) is 0.143. The number of alkyl halides is 1. The van der Waals surface area contributed by atoms with Gasteiger partial charge in [-0.3, -0.25) is 10.1 Å². The van der Waals surface area contributed by atoms with Crippen LogP contribution in [-0.4, -0.2) is 18.0 Å².